The first kappa shape index (κ1) is 11.0. The molecule has 0 unspecified atom stereocenters. The molecule has 0 atom stereocenters. The van der Waals surface area contributed by atoms with Crippen LogP contribution in [0, 0.1) is 17.5 Å². The van der Waals surface area contributed by atoms with E-state index < -0.39 is 31.6 Å². The predicted molar refractivity (Wildman–Crippen MR) is 55.2 cm³/mol. The topological polar surface area (TPSA) is 0 Å². The molecule has 0 nitrogen and oxygen atoms in total. The summed E-state index contributed by atoms with van der Waals surface area (Å²) in [4.78, 5) is 0. The molecule has 1 heterocycles. The number of hydrogen-bond donors (Lipinski definition) is 0. The zero-order valence-corrected chi connectivity index (χ0v) is 9.56. The van der Waals surface area contributed by atoms with Gasteiger partial charge in [0.25, 0.3) is 0 Å². The van der Waals surface area contributed by atoms with Gasteiger partial charge in [-0.1, -0.05) is 29.8 Å². The fourth-order valence-corrected chi connectivity index (χ4v) is 5.72. The highest BCUT2D eigenvalue weighted by Crippen LogP contribution is 2.21. The molecule has 1 aliphatic rings. The molecule has 0 amide bonds. The molecule has 0 radical (unpaired) electrons. The van der Waals surface area contributed by atoms with Gasteiger partial charge in [0, 0.05) is 0 Å². The fourth-order valence-electron chi connectivity index (χ4n) is 2.31. The molecule has 15 heavy (non-hydrogen) atoms. The zero-order chi connectivity index (χ0) is 10.8. The van der Waals surface area contributed by atoms with Crippen LogP contribution < -0.4 is 4.43 Å². The molecule has 80 valence electrons. The second kappa shape index (κ2) is 4.59. The molecule has 0 saturated carbocycles. The van der Waals surface area contributed by atoms with Crippen molar-refractivity contribution >= 4 is 18.6 Å². The van der Waals surface area contributed by atoms with Crippen molar-refractivity contribution < 1.29 is 13.2 Å². The van der Waals surface area contributed by atoms with E-state index in [0.717, 1.165) is 42.0 Å². The van der Waals surface area contributed by atoms with Crippen LogP contribution in [0.5, 0.6) is 0 Å². The first-order valence-electron chi connectivity index (χ1n) is 5.33. The van der Waals surface area contributed by atoms with Crippen molar-refractivity contribution in [3.8, 4) is 0 Å². The number of halogens is 3. The molecule has 0 aromatic heterocycles. The van der Waals surface area contributed by atoms with Crippen molar-refractivity contribution in [3.63, 3.8) is 0 Å². The third-order valence-corrected chi connectivity index (χ3v) is 6.65. The molecule has 4 heteroatoms. The average Bonchev–Trinajstić information content (AvgIpc) is 2.26. The molecule has 2 rings (SSSR count). The Hall–Kier alpha value is -0.458. The van der Waals surface area contributed by atoms with Gasteiger partial charge in [0.1, 0.15) is 11.6 Å². The van der Waals surface area contributed by atoms with Crippen LogP contribution in [0.4, 0.5) is 13.2 Å². The van der Waals surface area contributed by atoms with Crippen molar-refractivity contribution in [3.05, 3.63) is 29.6 Å². The highest BCUT2D eigenvalue weighted by Gasteiger charge is 2.29. The van der Waals surface area contributed by atoms with Crippen LogP contribution in [0.25, 0.3) is 0 Å². The van der Waals surface area contributed by atoms with E-state index in [2.05, 4.69) is 0 Å². The standard InChI is InChI=1S/C6H2F3.C5H10.Al/c7-4-1-2-5(8)6(9)3-4;1-3-5-4-2;/h1-2H;1-5H2;. The monoisotopic (exact) mass is 228 g/mol. The minimum Gasteiger partial charge on any atom is -0.208 e. The maximum Gasteiger partial charge on any atom is 0.315 e. The van der Waals surface area contributed by atoms with Gasteiger partial charge in [-0.05, 0) is 16.6 Å². The largest absolute Gasteiger partial charge is 0.315 e. The normalized spacial score (nSPS) is 16.9. The van der Waals surface area contributed by atoms with E-state index in [9.17, 15) is 13.2 Å². The van der Waals surface area contributed by atoms with Crippen molar-refractivity contribution in [1.82, 2.24) is 0 Å². The predicted octanol–water partition coefficient (Wildman–Crippen LogP) is 2.99. The number of rotatable bonds is 1. The highest BCUT2D eigenvalue weighted by atomic mass is 27.2. The summed E-state index contributed by atoms with van der Waals surface area (Å²) in [5.41, 5.74) is 0. The molecule has 1 aliphatic heterocycles. The summed E-state index contributed by atoms with van der Waals surface area (Å²) in [5.74, 6) is -2.40. The van der Waals surface area contributed by atoms with E-state index in [1.54, 1.807) is 0 Å². The zero-order valence-electron chi connectivity index (χ0n) is 8.40. The maximum atomic E-state index is 13.5. The Bertz CT molecular complexity index is 359. The fraction of sp³-hybridized carbons (Fsp3) is 0.455. The first-order chi connectivity index (χ1) is 7.20. The van der Waals surface area contributed by atoms with Crippen molar-refractivity contribution in [2.45, 2.75) is 29.8 Å². The van der Waals surface area contributed by atoms with Gasteiger partial charge in [-0.25, -0.2) is 13.2 Å². The van der Waals surface area contributed by atoms with Gasteiger partial charge in [-0.3, -0.25) is 0 Å². The first-order valence-corrected chi connectivity index (χ1v) is 7.54. The summed E-state index contributed by atoms with van der Waals surface area (Å²) in [6.45, 7) is 0. The second-order valence-corrected chi connectivity index (χ2v) is 7.22. The van der Waals surface area contributed by atoms with Gasteiger partial charge in [-0.2, -0.15) is 0 Å². The van der Waals surface area contributed by atoms with Crippen LogP contribution in [0.3, 0.4) is 0 Å². The highest BCUT2D eigenvalue weighted by molar-refractivity contribution is 6.73. The molecular weight excluding hydrogens is 216 g/mol. The van der Waals surface area contributed by atoms with E-state index in [-0.39, 0.29) is 4.43 Å². The van der Waals surface area contributed by atoms with Gasteiger partial charge in [0.2, 0.25) is 0 Å². The molecule has 0 N–H and O–H groups in total. The Morgan fingerprint density at radius 2 is 1.47 bits per heavy atom. The minimum atomic E-state index is -1.58. The van der Waals surface area contributed by atoms with Gasteiger partial charge in [-0.15, -0.1) is 0 Å². The average molecular weight is 228 g/mol. The van der Waals surface area contributed by atoms with E-state index in [0.29, 0.717) is 0 Å². The van der Waals surface area contributed by atoms with E-state index in [4.69, 9.17) is 0 Å². The lowest BCUT2D eigenvalue weighted by Crippen LogP contribution is -2.37. The number of hydrogen-bond acceptors (Lipinski definition) is 0. The quantitative estimate of drug-likeness (QED) is 0.512. The van der Waals surface area contributed by atoms with E-state index in [1.165, 1.54) is 0 Å². The van der Waals surface area contributed by atoms with Crippen LogP contribution in [-0.2, 0) is 0 Å². The lowest BCUT2D eigenvalue weighted by molar-refractivity contribution is 0.502. The van der Waals surface area contributed by atoms with Crippen molar-refractivity contribution in [2.75, 3.05) is 0 Å². The molecule has 1 saturated heterocycles. The lowest BCUT2D eigenvalue weighted by atomic mass is 10.3. The third-order valence-electron chi connectivity index (χ3n) is 3.09. The third kappa shape index (κ3) is 2.21. The van der Waals surface area contributed by atoms with E-state index in [1.807, 2.05) is 0 Å². The maximum absolute atomic E-state index is 13.5. The van der Waals surface area contributed by atoms with Crippen LogP contribution in [0.15, 0.2) is 12.1 Å². The molecular formula is C11H12AlF3. The van der Waals surface area contributed by atoms with Crippen LogP contribution >= 0.6 is 0 Å². The minimum absolute atomic E-state index is 0.0923. The molecule has 1 aromatic carbocycles. The number of benzene rings is 1. The molecule has 1 fully saturated rings. The Kier molecular flexibility index (Phi) is 3.38. The Morgan fingerprint density at radius 1 is 0.867 bits per heavy atom. The molecule has 0 aliphatic carbocycles. The summed E-state index contributed by atoms with van der Waals surface area (Å²) in [5, 5.41) is 1.80. The molecule has 0 bridgehead atoms. The second-order valence-electron chi connectivity index (χ2n) is 4.09. The molecule has 0 spiro atoms. The van der Waals surface area contributed by atoms with E-state index >= 15 is 0 Å². The smallest absolute Gasteiger partial charge is 0.208 e. The van der Waals surface area contributed by atoms with Gasteiger partial charge >= 0.3 is 14.1 Å². The van der Waals surface area contributed by atoms with Crippen LogP contribution in [0.2, 0.25) is 10.6 Å². The summed E-state index contributed by atoms with van der Waals surface area (Å²) >= 11 is -1.58. The summed E-state index contributed by atoms with van der Waals surface area (Å²) in [7, 11) is 0. The Labute approximate surface area is 91.5 Å². The van der Waals surface area contributed by atoms with Crippen LogP contribution in [-0.4, -0.2) is 14.1 Å². The van der Waals surface area contributed by atoms with Gasteiger partial charge in [0.15, 0.2) is 5.82 Å². The van der Waals surface area contributed by atoms with Crippen molar-refractivity contribution in [1.29, 1.82) is 0 Å². The molecule has 1 aromatic rings. The lowest BCUT2D eigenvalue weighted by Gasteiger charge is -2.18. The summed E-state index contributed by atoms with van der Waals surface area (Å²) in [6, 6.07) is 1.92. The van der Waals surface area contributed by atoms with Crippen LogP contribution in [0.1, 0.15) is 19.3 Å². The summed E-state index contributed by atoms with van der Waals surface area (Å²) in [6.07, 6.45) is 3.21. The van der Waals surface area contributed by atoms with Crippen molar-refractivity contribution in [2.24, 2.45) is 0 Å². The Balaban J connectivity index is 2.36. The van der Waals surface area contributed by atoms with Gasteiger partial charge < -0.3 is 0 Å². The summed E-state index contributed by atoms with van der Waals surface area (Å²) < 4.78 is 40.0. The van der Waals surface area contributed by atoms with Gasteiger partial charge in [0.05, 0.1) is 0 Å². The SMILES string of the molecule is Fc1ccc(F)[c]([Al]2[CH2]CCC[CH2]2)c1F. The Morgan fingerprint density at radius 3 is 2.13 bits per heavy atom.